The van der Waals surface area contributed by atoms with Crippen LogP contribution in [-0.4, -0.2) is 27.3 Å². The standard InChI is InChI=1S/C15H18N2O2/c18-10-15(6-1-2-7-15)17-14-13-9-12(19)4-3-11(13)5-8-16-14/h3-5,8-9,18-19H,1-2,6-7,10H2,(H,16,17). The smallest absolute Gasteiger partial charge is 0.134 e. The topological polar surface area (TPSA) is 65.4 Å². The fourth-order valence-electron chi connectivity index (χ4n) is 2.88. The molecule has 0 saturated heterocycles. The lowest BCUT2D eigenvalue weighted by atomic mass is 9.98. The molecule has 1 saturated carbocycles. The molecule has 1 aromatic carbocycles. The van der Waals surface area contributed by atoms with Crippen molar-refractivity contribution in [1.82, 2.24) is 4.98 Å². The van der Waals surface area contributed by atoms with E-state index in [0.29, 0.717) is 0 Å². The van der Waals surface area contributed by atoms with E-state index in [2.05, 4.69) is 10.3 Å². The molecule has 0 spiro atoms. The first kappa shape index (κ1) is 12.2. The molecular formula is C15H18N2O2. The van der Waals surface area contributed by atoms with Crippen LogP contribution in [0.2, 0.25) is 0 Å². The summed E-state index contributed by atoms with van der Waals surface area (Å²) in [6, 6.07) is 7.17. The molecule has 0 unspecified atom stereocenters. The number of phenolic OH excluding ortho intramolecular Hbond substituents is 1. The molecular weight excluding hydrogens is 240 g/mol. The fourth-order valence-corrected chi connectivity index (χ4v) is 2.88. The van der Waals surface area contributed by atoms with Crippen LogP contribution in [0.15, 0.2) is 30.5 Å². The molecule has 0 aliphatic heterocycles. The molecule has 4 nitrogen and oxygen atoms in total. The summed E-state index contributed by atoms with van der Waals surface area (Å²) in [5.41, 5.74) is -0.257. The zero-order valence-electron chi connectivity index (χ0n) is 10.8. The SMILES string of the molecule is OCC1(Nc2nccc3ccc(O)cc23)CCCC1. The number of fused-ring (bicyclic) bond motifs is 1. The van der Waals surface area contributed by atoms with Crippen molar-refractivity contribution < 1.29 is 10.2 Å². The number of pyridine rings is 1. The highest BCUT2D eigenvalue weighted by Crippen LogP contribution is 2.34. The first-order chi connectivity index (χ1) is 9.22. The van der Waals surface area contributed by atoms with E-state index in [1.54, 1.807) is 18.3 Å². The number of nitrogens with one attached hydrogen (secondary N) is 1. The van der Waals surface area contributed by atoms with Gasteiger partial charge in [0, 0.05) is 11.6 Å². The van der Waals surface area contributed by atoms with Gasteiger partial charge in [-0.3, -0.25) is 0 Å². The van der Waals surface area contributed by atoms with Crippen LogP contribution in [0.4, 0.5) is 5.82 Å². The number of hydrogen-bond donors (Lipinski definition) is 3. The van der Waals surface area contributed by atoms with Crippen molar-refractivity contribution in [2.75, 3.05) is 11.9 Å². The zero-order chi connectivity index (χ0) is 13.3. The molecule has 1 aliphatic carbocycles. The van der Waals surface area contributed by atoms with E-state index >= 15 is 0 Å². The normalized spacial score (nSPS) is 17.7. The van der Waals surface area contributed by atoms with Gasteiger partial charge in [-0.15, -0.1) is 0 Å². The third-order valence-corrected chi connectivity index (χ3v) is 4.00. The molecule has 2 aromatic rings. The summed E-state index contributed by atoms with van der Waals surface area (Å²) >= 11 is 0. The molecule has 1 aromatic heterocycles. The lowest BCUT2D eigenvalue weighted by Crippen LogP contribution is -2.39. The molecule has 19 heavy (non-hydrogen) atoms. The second-order valence-electron chi connectivity index (χ2n) is 5.34. The number of aliphatic hydroxyl groups is 1. The van der Waals surface area contributed by atoms with Gasteiger partial charge in [-0.05, 0) is 36.4 Å². The van der Waals surface area contributed by atoms with E-state index in [9.17, 15) is 10.2 Å². The molecule has 1 fully saturated rings. The average Bonchev–Trinajstić information content (AvgIpc) is 2.89. The third-order valence-electron chi connectivity index (χ3n) is 4.00. The van der Waals surface area contributed by atoms with Gasteiger partial charge in [0.15, 0.2) is 0 Å². The highest BCUT2D eigenvalue weighted by Gasteiger charge is 2.33. The zero-order valence-corrected chi connectivity index (χ0v) is 10.8. The first-order valence-electron chi connectivity index (χ1n) is 6.69. The minimum Gasteiger partial charge on any atom is -0.508 e. The molecule has 4 heteroatoms. The Balaban J connectivity index is 2.02. The van der Waals surface area contributed by atoms with E-state index in [-0.39, 0.29) is 17.9 Å². The number of aliphatic hydroxyl groups excluding tert-OH is 1. The van der Waals surface area contributed by atoms with Gasteiger partial charge in [0.2, 0.25) is 0 Å². The van der Waals surface area contributed by atoms with Gasteiger partial charge in [0.05, 0.1) is 12.1 Å². The Labute approximate surface area is 112 Å². The van der Waals surface area contributed by atoms with Crippen molar-refractivity contribution in [1.29, 1.82) is 0 Å². The predicted molar refractivity (Wildman–Crippen MR) is 75.3 cm³/mol. The number of hydrogen-bond acceptors (Lipinski definition) is 4. The van der Waals surface area contributed by atoms with E-state index in [1.807, 2.05) is 12.1 Å². The lowest BCUT2D eigenvalue weighted by Gasteiger charge is -2.29. The highest BCUT2D eigenvalue weighted by molar-refractivity contribution is 5.92. The maximum absolute atomic E-state index is 9.66. The van der Waals surface area contributed by atoms with E-state index < -0.39 is 0 Å². The maximum atomic E-state index is 9.66. The number of anilines is 1. The second-order valence-corrected chi connectivity index (χ2v) is 5.34. The minimum absolute atomic E-state index is 0.115. The monoisotopic (exact) mass is 258 g/mol. The number of rotatable bonds is 3. The van der Waals surface area contributed by atoms with Crippen molar-refractivity contribution in [3.05, 3.63) is 30.5 Å². The Morgan fingerprint density at radius 3 is 2.74 bits per heavy atom. The molecule has 0 bridgehead atoms. The summed E-state index contributed by atoms with van der Waals surface area (Å²) < 4.78 is 0. The average molecular weight is 258 g/mol. The van der Waals surface area contributed by atoms with Crippen LogP contribution in [0, 0.1) is 0 Å². The van der Waals surface area contributed by atoms with Crippen LogP contribution in [-0.2, 0) is 0 Å². The number of benzene rings is 1. The molecule has 0 radical (unpaired) electrons. The van der Waals surface area contributed by atoms with Gasteiger partial charge in [-0.25, -0.2) is 4.98 Å². The molecule has 3 N–H and O–H groups in total. The van der Waals surface area contributed by atoms with Crippen molar-refractivity contribution in [3.8, 4) is 5.75 Å². The van der Waals surface area contributed by atoms with Gasteiger partial charge >= 0.3 is 0 Å². The summed E-state index contributed by atoms with van der Waals surface area (Å²) in [6.07, 6.45) is 5.93. The number of aromatic nitrogens is 1. The van der Waals surface area contributed by atoms with Gasteiger partial charge in [0.1, 0.15) is 11.6 Å². The lowest BCUT2D eigenvalue weighted by molar-refractivity contribution is 0.214. The van der Waals surface area contributed by atoms with Crippen LogP contribution >= 0.6 is 0 Å². The van der Waals surface area contributed by atoms with Gasteiger partial charge in [-0.1, -0.05) is 18.9 Å². The molecule has 1 aliphatic rings. The fraction of sp³-hybridized carbons (Fsp3) is 0.400. The Morgan fingerprint density at radius 1 is 1.21 bits per heavy atom. The maximum Gasteiger partial charge on any atom is 0.134 e. The molecule has 0 atom stereocenters. The van der Waals surface area contributed by atoms with Crippen LogP contribution in [0.1, 0.15) is 25.7 Å². The van der Waals surface area contributed by atoms with Crippen molar-refractivity contribution in [2.24, 2.45) is 0 Å². The van der Waals surface area contributed by atoms with Crippen LogP contribution in [0.5, 0.6) is 5.75 Å². The Kier molecular flexibility index (Phi) is 3.03. The van der Waals surface area contributed by atoms with Gasteiger partial charge < -0.3 is 15.5 Å². The molecule has 3 rings (SSSR count). The molecule has 100 valence electrons. The summed E-state index contributed by atoms with van der Waals surface area (Å²) in [6.45, 7) is 0.115. The number of nitrogens with zero attached hydrogens (tertiary/aromatic N) is 1. The van der Waals surface area contributed by atoms with E-state index in [0.717, 1.165) is 42.3 Å². The van der Waals surface area contributed by atoms with Crippen molar-refractivity contribution in [3.63, 3.8) is 0 Å². The summed E-state index contributed by atoms with van der Waals surface area (Å²) in [5, 5.41) is 24.6. The largest absolute Gasteiger partial charge is 0.508 e. The summed E-state index contributed by atoms with van der Waals surface area (Å²) in [4.78, 5) is 4.37. The minimum atomic E-state index is -0.257. The molecule has 0 amide bonds. The van der Waals surface area contributed by atoms with Crippen LogP contribution < -0.4 is 5.32 Å². The van der Waals surface area contributed by atoms with Crippen LogP contribution in [0.3, 0.4) is 0 Å². The Hall–Kier alpha value is -1.81. The summed E-state index contributed by atoms with van der Waals surface area (Å²) in [5.74, 6) is 0.970. The first-order valence-corrected chi connectivity index (χ1v) is 6.69. The second kappa shape index (κ2) is 4.70. The quantitative estimate of drug-likeness (QED) is 0.792. The van der Waals surface area contributed by atoms with Gasteiger partial charge in [-0.2, -0.15) is 0 Å². The third kappa shape index (κ3) is 2.24. The Morgan fingerprint density at radius 2 is 2.00 bits per heavy atom. The van der Waals surface area contributed by atoms with E-state index in [1.165, 1.54) is 0 Å². The van der Waals surface area contributed by atoms with E-state index in [4.69, 9.17) is 0 Å². The van der Waals surface area contributed by atoms with Crippen LogP contribution in [0.25, 0.3) is 10.8 Å². The Bertz CT molecular complexity index is 592. The predicted octanol–water partition coefficient (Wildman–Crippen LogP) is 2.66. The number of aromatic hydroxyl groups is 1. The van der Waals surface area contributed by atoms with Crippen molar-refractivity contribution in [2.45, 2.75) is 31.2 Å². The summed E-state index contributed by atoms with van der Waals surface area (Å²) in [7, 11) is 0. The number of phenols is 1. The molecule has 1 heterocycles. The van der Waals surface area contributed by atoms with Gasteiger partial charge in [0.25, 0.3) is 0 Å². The van der Waals surface area contributed by atoms with Crippen molar-refractivity contribution >= 4 is 16.6 Å². The highest BCUT2D eigenvalue weighted by atomic mass is 16.3.